The highest BCUT2D eigenvalue weighted by molar-refractivity contribution is 5.94. The number of hydrogen-bond acceptors (Lipinski definition) is 3. The van der Waals surface area contributed by atoms with Crippen molar-refractivity contribution >= 4 is 11.6 Å². The van der Waals surface area contributed by atoms with Crippen LogP contribution >= 0.6 is 0 Å². The molecule has 0 saturated carbocycles. The lowest BCUT2D eigenvalue weighted by atomic mass is 9.94. The Kier molecular flexibility index (Phi) is 5.83. The van der Waals surface area contributed by atoms with Crippen molar-refractivity contribution < 1.29 is 9.53 Å². The molecule has 0 saturated heterocycles. The third-order valence-corrected chi connectivity index (χ3v) is 3.24. The molecule has 19 heavy (non-hydrogen) atoms. The summed E-state index contributed by atoms with van der Waals surface area (Å²) in [5.74, 6) is 0.965. The van der Waals surface area contributed by atoms with Gasteiger partial charge in [0.2, 0.25) is 5.91 Å². The highest BCUT2D eigenvalue weighted by atomic mass is 16.5. The van der Waals surface area contributed by atoms with Crippen LogP contribution in [0.3, 0.4) is 0 Å². The maximum atomic E-state index is 12.3. The van der Waals surface area contributed by atoms with Crippen LogP contribution in [0.25, 0.3) is 0 Å². The number of hydrogen-bond donors (Lipinski definition) is 1. The zero-order valence-corrected chi connectivity index (χ0v) is 12.2. The summed E-state index contributed by atoms with van der Waals surface area (Å²) in [7, 11) is 1.78. The maximum absolute atomic E-state index is 12.3. The van der Waals surface area contributed by atoms with E-state index < -0.39 is 0 Å². The minimum atomic E-state index is -0.142. The summed E-state index contributed by atoms with van der Waals surface area (Å²) in [5.41, 5.74) is 6.54. The van der Waals surface area contributed by atoms with Crippen LogP contribution < -0.4 is 15.4 Å². The minimum Gasteiger partial charge on any atom is -0.494 e. The van der Waals surface area contributed by atoms with Crippen molar-refractivity contribution in [3.63, 3.8) is 0 Å². The van der Waals surface area contributed by atoms with E-state index in [9.17, 15) is 4.79 Å². The predicted octanol–water partition coefficient (Wildman–Crippen LogP) is 2.28. The van der Waals surface area contributed by atoms with Crippen LogP contribution in [-0.2, 0) is 4.79 Å². The van der Waals surface area contributed by atoms with Crippen LogP contribution in [-0.4, -0.2) is 26.1 Å². The average molecular weight is 264 g/mol. The average Bonchev–Trinajstić information content (AvgIpc) is 2.39. The number of carbonyl (C=O) groups excluding carboxylic acids is 1. The normalized spacial score (nSPS) is 12.3. The van der Waals surface area contributed by atoms with E-state index in [1.54, 1.807) is 11.9 Å². The van der Waals surface area contributed by atoms with Crippen LogP contribution in [0, 0.1) is 11.8 Å². The topological polar surface area (TPSA) is 55.6 Å². The molecule has 0 bridgehead atoms. The van der Waals surface area contributed by atoms with E-state index in [1.165, 1.54) is 0 Å². The zero-order valence-electron chi connectivity index (χ0n) is 12.2. The summed E-state index contributed by atoms with van der Waals surface area (Å²) in [6, 6.07) is 7.51. The van der Waals surface area contributed by atoms with E-state index in [4.69, 9.17) is 10.5 Å². The van der Waals surface area contributed by atoms with Crippen molar-refractivity contribution in [1.82, 2.24) is 0 Å². The molecule has 0 aliphatic carbocycles. The molecule has 1 atom stereocenters. The first-order valence-electron chi connectivity index (χ1n) is 6.71. The molecule has 1 rings (SSSR count). The Bertz CT molecular complexity index is 401. The Morgan fingerprint density at radius 2 is 1.89 bits per heavy atom. The van der Waals surface area contributed by atoms with E-state index in [2.05, 4.69) is 0 Å². The van der Waals surface area contributed by atoms with Gasteiger partial charge in [0.05, 0.1) is 12.5 Å². The third-order valence-electron chi connectivity index (χ3n) is 3.24. The molecule has 0 aliphatic rings. The fourth-order valence-electron chi connectivity index (χ4n) is 1.97. The number of amides is 1. The largest absolute Gasteiger partial charge is 0.494 e. The fourth-order valence-corrected chi connectivity index (χ4v) is 1.97. The summed E-state index contributed by atoms with van der Waals surface area (Å²) >= 11 is 0. The lowest BCUT2D eigenvalue weighted by Gasteiger charge is -2.25. The van der Waals surface area contributed by atoms with E-state index in [1.807, 2.05) is 45.0 Å². The molecule has 2 N–H and O–H groups in total. The zero-order chi connectivity index (χ0) is 14.4. The lowest BCUT2D eigenvalue weighted by molar-refractivity contribution is -0.123. The first-order chi connectivity index (χ1) is 9.01. The molecule has 0 fully saturated rings. The number of nitrogens with two attached hydrogens (primary N) is 1. The van der Waals surface area contributed by atoms with Gasteiger partial charge in [0, 0.05) is 19.3 Å². The van der Waals surface area contributed by atoms with Gasteiger partial charge in [-0.25, -0.2) is 0 Å². The monoisotopic (exact) mass is 264 g/mol. The molecule has 0 spiro atoms. The Hall–Kier alpha value is -1.55. The van der Waals surface area contributed by atoms with Crippen molar-refractivity contribution in [2.45, 2.75) is 20.8 Å². The Morgan fingerprint density at radius 3 is 2.32 bits per heavy atom. The van der Waals surface area contributed by atoms with Crippen LogP contribution in [0.2, 0.25) is 0 Å². The van der Waals surface area contributed by atoms with Crippen LogP contribution in [0.1, 0.15) is 20.8 Å². The lowest BCUT2D eigenvalue weighted by Crippen LogP contribution is -2.39. The molecule has 106 valence electrons. The highest BCUT2D eigenvalue weighted by Crippen LogP contribution is 2.21. The van der Waals surface area contributed by atoms with Crippen LogP contribution in [0.4, 0.5) is 5.69 Å². The second-order valence-corrected chi connectivity index (χ2v) is 4.91. The molecule has 0 heterocycles. The molecule has 0 radical (unpaired) electrons. The molecule has 1 unspecified atom stereocenters. The summed E-state index contributed by atoms with van der Waals surface area (Å²) in [6.45, 7) is 6.98. The Balaban J connectivity index is 2.81. The molecule has 1 aromatic rings. The molecule has 1 amide bonds. The molecule has 0 aromatic heterocycles. The van der Waals surface area contributed by atoms with Gasteiger partial charge in [-0.3, -0.25) is 4.79 Å². The van der Waals surface area contributed by atoms with Gasteiger partial charge in [-0.1, -0.05) is 13.8 Å². The smallest absolute Gasteiger partial charge is 0.231 e. The summed E-state index contributed by atoms with van der Waals surface area (Å²) < 4.78 is 5.38. The maximum Gasteiger partial charge on any atom is 0.231 e. The predicted molar refractivity (Wildman–Crippen MR) is 78.4 cm³/mol. The number of nitrogens with zero attached hydrogens (tertiary/aromatic N) is 1. The number of rotatable bonds is 6. The molecule has 0 aliphatic heterocycles. The van der Waals surface area contributed by atoms with Gasteiger partial charge in [0.15, 0.2) is 0 Å². The molecule has 4 nitrogen and oxygen atoms in total. The Labute approximate surface area is 115 Å². The first-order valence-corrected chi connectivity index (χ1v) is 6.71. The van der Waals surface area contributed by atoms with E-state index in [-0.39, 0.29) is 17.7 Å². The summed E-state index contributed by atoms with van der Waals surface area (Å²) in [6.07, 6.45) is 0. The van der Waals surface area contributed by atoms with Crippen molar-refractivity contribution in [2.24, 2.45) is 17.6 Å². The number of benzene rings is 1. The highest BCUT2D eigenvalue weighted by Gasteiger charge is 2.24. The molecular formula is C15H24N2O2. The summed E-state index contributed by atoms with van der Waals surface area (Å²) in [4.78, 5) is 14.0. The fraction of sp³-hybridized carbons (Fsp3) is 0.533. The SMILES string of the molecule is CCOc1ccc(N(C)C(=O)C(CN)C(C)C)cc1. The second kappa shape index (κ2) is 7.14. The third kappa shape index (κ3) is 3.96. The van der Waals surface area contributed by atoms with Gasteiger partial charge in [0.1, 0.15) is 5.75 Å². The van der Waals surface area contributed by atoms with Crippen molar-refractivity contribution in [2.75, 3.05) is 25.1 Å². The number of carbonyl (C=O) groups is 1. The van der Waals surface area contributed by atoms with Gasteiger partial charge in [-0.2, -0.15) is 0 Å². The van der Waals surface area contributed by atoms with Gasteiger partial charge < -0.3 is 15.4 Å². The molecule has 4 heteroatoms. The molecule has 1 aromatic carbocycles. The van der Waals surface area contributed by atoms with Gasteiger partial charge in [0.25, 0.3) is 0 Å². The van der Waals surface area contributed by atoms with Gasteiger partial charge in [-0.15, -0.1) is 0 Å². The van der Waals surface area contributed by atoms with Crippen molar-refractivity contribution in [1.29, 1.82) is 0 Å². The van der Waals surface area contributed by atoms with E-state index >= 15 is 0 Å². The van der Waals surface area contributed by atoms with E-state index in [0.29, 0.717) is 13.2 Å². The number of anilines is 1. The second-order valence-electron chi connectivity index (χ2n) is 4.91. The number of ether oxygens (including phenoxy) is 1. The molecular weight excluding hydrogens is 240 g/mol. The van der Waals surface area contributed by atoms with E-state index in [0.717, 1.165) is 11.4 Å². The summed E-state index contributed by atoms with van der Waals surface area (Å²) in [5, 5.41) is 0. The quantitative estimate of drug-likeness (QED) is 0.857. The van der Waals surface area contributed by atoms with Crippen LogP contribution in [0.5, 0.6) is 5.75 Å². The minimum absolute atomic E-state index is 0.0571. The van der Waals surface area contributed by atoms with Crippen LogP contribution in [0.15, 0.2) is 24.3 Å². The van der Waals surface area contributed by atoms with Gasteiger partial charge >= 0.3 is 0 Å². The standard InChI is InChI=1S/C15H24N2O2/c1-5-19-13-8-6-12(7-9-13)17(4)15(18)14(10-16)11(2)3/h6-9,11,14H,5,10,16H2,1-4H3. The van der Waals surface area contributed by atoms with Gasteiger partial charge in [-0.05, 0) is 37.1 Å². The Morgan fingerprint density at radius 1 is 1.32 bits per heavy atom. The first kappa shape index (κ1) is 15.5. The van der Waals surface area contributed by atoms with Crippen molar-refractivity contribution in [3.8, 4) is 5.75 Å². The van der Waals surface area contributed by atoms with Crippen molar-refractivity contribution in [3.05, 3.63) is 24.3 Å².